The van der Waals surface area contributed by atoms with Gasteiger partial charge in [0.25, 0.3) is 11.4 Å². The largest absolute Gasteiger partial charge is 0.457 e. The minimum Gasteiger partial charge on any atom is -0.457 e. The van der Waals surface area contributed by atoms with Crippen LogP contribution in [0.15, 0.2) is 59.1 Å². The zero-order chi connectivity index (χ0) is 42.2. The molecule has 4 aliphatic rings. The van der Waals surface area contributed by atoms with Gasteiger partial charge in [0, 0.05) is 60.7 Å². The number of nitro groups is 2. The monoisotopic (exact) mass is 825 g/mol. The molecule has 0 unspecified atom stereocenters. The molecular weight excluding hydrogens is 786 g/mol. The third-order valence-electron chi connectivity index (χ3n) is 10.3. The van der Waals surface area contributed by atoms with Crippen molar-refractivity contribution < 1.29 is 62.7 Å². The summed E-state index contributed by atoms with van der Waals surface area (Å²) in [6.45, 7) is 4.92. The number of ether oxygens (including phenoxy) is 4. The number of aliphatic hydroxyl groups is 1. The Bertz CT molecular complexity index is 2030. The quantitative estimate of drug-likeness (QED) is 0.0806. The second kappa shape index (κ2) is 16.8. The van der Waals surface area contributed by atoms with Gasteiger partial charge in [0.1, 0.15) is 24.1 Å². The van der Waals surface area contributed by atoms with Gasteiger partial charge >= 0.3 is 24.0 Å². The molecule has 1 N–H and O–H groups in total. The molecule has 0 saturated carbocycles. The summed E-state index contributed by atoms with van der Waals surface area (Å²) >= 11 is 1.15. The fourth-order valence-corrected chi connectivity index (χ4v) is 9.21. The molecule has 0 aliphatic carbocycles. The number of likely N-dealkylation sites (tertiary alicyclic amines) is 2. The van der Waals surface area contributed by atoms with E-state index in [2.05, 4.69) is 0 Å². The number of benzene rings is 2. The van der Waals surface area contributed by atoms with Crippen LogP contribution in [0, 0.1) is 32.1 Å². The van der Waals surface area contributed by atoms with Gasteiger partial charge in [0.05, 0.1) is 41.0 Å². The van der Waals surface area contributed by atoms with Crippen molar-refractivity contribution in [3.63, 3.8) is 0 Å². The average Bonchev–Trinajstić information content (AvgIpc) is 3.83. The second-order valence-electron chi connectivity index (χ2n) is 14.3. The molecule has 8 atom stereocenters. The molecule has 20 nitrogen and oxygen atoms in total. The molecule has 0 aromatic heterocycles. The maximum atomic E-state index is 14.3. The summed E-state index contributed by atoms with van der Waals surface area (Å²) in [6, 6.07) is 8.34. The molecule has 3 fully saturated rings. The van der Waals surface area contributed by atoms with E-state index in [0.29, 0.717) is 10.5 Å². The first-order chi connectivity index (χ1) is 27.4. The summed E-state index contributed by atoms with van der Waals surface area (Å²) in [5.74, 6) is -4.69. The highest BCUT2D eigenvalue weighted by atomic mass is 32.2. The zero-order valence-corrected chi connectivity index (χ0v) is 32.4. The van der Waals surface area contributed by atoms with Crippen molar-refractivity contribution >= 4 is 59.0 Å². The van der Waals surface area contributed by atoms with Crippen LogP contribution in [0.3, 0.4) is 0 Å². The lowest BCUT2D eigenvalue weighted by Crippen LogP contribution is -2.63. The van der Waals surface area contributed by atoms with E-state index in [9.17, 15) is 54.1 Å². The molecule has 0 radical (unpaired) electrons. The molecule has 58 heavy (non-hydrogen) atoms. The van der Waals surface area contributed by atoms with Crippen molar-refractivity contribution in [2.75, 3.05) is 19.6 Å². The Morgan fingerprint density at radius 3 is 1.97 bits per heavy atom. The Labute approximate surface area is 334 Å². The first-order valence-electron chi connectivity index (χ1n) is 18.1. The maximum absolute atomic E-state index is 14.3. The van der Waals surface area contributed by atoms with Gasteiger partial charge < -0.3 is 33.9 Å². The van der Waals surface area contributed by atoms with E-state index >= 15 is 0 Å². The van der Waals surface area contributed by atoms with Crippen LogP contribution < -0.4 is 4.74 Å². The van der Waals surface area contributed by atoms with Gasteiger partial charge in [-0.15, -0.1) is 11.8 Å². The van der Waals surface area contributed by atoms with Crippen molar-refractivity contribution in [2.45, 2.75) is 76.4 Å². The smallest absolute Gasteiger partial charge is 0.410 e. The standard InChI is InChI=1S/C37H39N5O15S/c1-18-31-30(19(2)43)35(47)40(31)32(36(48)57-25-11-9-24(10-12-25)42(52)53)33(18)58-26-13-27(34(46)38-15-28(55-20(3)44)29(16-38)56-21(4)45)39(14-26)37(49)54-17-22-5-7-23(8-6-22)41(50)51/h5-12,18-19,26-31,43H,13-17H2,1-4H3/t18-,19-,26+,27+,28+,29+,30-,31-/m1/s1. The van der Waals surface area contributed by atoms with Crippen LogP contribution in [-0.2, 0) is 44.8 Å². The number of nitrogens with zero attached hydrogens (tertiary/aromatic N) is 5. The molecule has 2 aromatic carbocycles. The van der Waals surface area contributed by atoms with E-state index in [-0.39, 0.29) is 55.5 Å². The van der Waals surface area contributed by atoms with Gasteiger partial charge in [-0.05, 0) is 43.2 Å². The normalized spacial score (nSPS) is 25.4. The van der Waals surface area contributed by atoms with Crippen molar-refractivity contribution in [2.24, 2.45) is 11.8 Å². The fourth-order valence-electron chi connectivity index (χ4n) is 7.69. The molecule has 21 heteroatoms. The number of esters is 3. The number of rotatable bonds is 12. The lowest BCUT2D eigenvalue weighted by molar-refractivity contribution is -0.385. The molecular formula is C37H39N5O15S. The molecule has 0 spiro atoms. The van der Waals surface area contributed by atoms with Gasteiger partial charge in [0.15, 0.2) is 12.2 Å². The number of non-ortho nitro benzene ring substituents is 2. The minimum absolute atomic E-state index is 0.0163. The number of β-lactam (4-membered cyclic amide) rings is 1. The SMILES string of the molecule is CC(=O)O[C@H]1CN(C(=O)[C@@H]2C[C@H](SC3=C(C(=O)Oc4ccc([N+](=O)[O-])cc4)N4C(=O)[C@H]([C@@H](C)O)[C@H]4[C@H]3C)CN2C(=O)OCc2ccc([N+](=O)[O-])cc2)C[C@@H]1OC(C)=O. The van der Waals surface area contributed by atoms with E-state index in [1.54, 1.807) is 6.92 Å². The number of thioether (sulfide) groups is 1. The van der Waals surface area contributed by atoms with Crippen molar-refractivity contribution in [3.8, 4) is 5.75 Å². The third-order valence-corrected chi connectivity index (χ3v) is 11.8. The van der Waals surface area contributed by atoms with Crippen LogP contribution in [0.2, 0.25) is 0 Å². The van der Waals surface area contributed by atoms with Gasteiger partial charge in [0.2, 0.25) is 11.8 Å². The van der Waals surface area contributed by atoms with Crippen LogP contribution in [0.4, 0.5) is 16.2 Å². The summed E-state index contributed by atoms with van der Waals surface area (Å²) in [6.07, 6.45) is -3.88. The van der Waals surface area contributed by atoms with Crippen LogP contribution in [-0.4, -0.2) is 121 Å². The molecule has 308 valence electrons. The Morgan fingerprint density at radius 1 is 0.897 bits per heavy atom. The molecule has 6 rings (SSSR count). The topological polar surface area (TPSA) is 256 Å². The molecule has 3 amide bonds. The van der Waals surface area contributed by atoms with Crippen molar-refractivity contribution in [3.05, 3.63) is 84.9 Å². The van der Waals surface area contributed by atoms with E-state index < -0.39 is 93.1 Å². The second-order valence-corrected chi connectivity index (χ2v) is 15.6. The number of fused-ring (bicyclic) bond motifs is 1. The fraction of sp³-hybridized carbons (Fsp3) is 0.459. The van der Waals surface area contributed by atoms with Crippen molar-refractivity contribution in [1.29, 1.82) is 0 Å². The van der Waals surface area contributed by atoms with Crippen LogP contribution in [0.5, 0.6) is 5.75 Å². The lowest BCUT2D eigenvalue weighted by atomic mass is 9.79. The number of hydrogen-bond acceptors (Lipinski definition) is 16. The first-order valence-corrected chi connectivity index (χ1v) is 19.0. The van der Waals surface area contributed by atoms with Gasteiger partial charge in [-0.3, -0.25) is 44.3 Å². The summed E-state index contributed by atoms with van der Waals surface area (Å²) in [7, 11) is 0. The maximum Gasteiger partial charge on any atom is 0.410 e. The summed E-state index contributed by atoms with van der Waals surface area (Å²) in [5.41, 5.74) is -0.0651. The Morgan fingerprint density at radius 2 is 1.45 bits per heavy atom. The van der Waals surface area contributed by atoms with Gasteiger partial charge in [-0.1, -0.05) is 6.92 Å². The summed E-state index contributed by atoms with van der Waals surface area (Å²) in [5, 5.41) is 32.1. The highest BCUT2D eigenvalue weighted by Crippen LogP contribution is 2.52. The van der Waals surface area contributed by atoms with E-state index in [1.165, 1.54) is 71.9 Å². The number of amides is 3. The molecule has 4 heterocycles. The van der Waals surface area contributed by atoms with E-state index in [0.717, 1.165) is 23.9 Å². The van der Waals surface area contributed by atoms with E-state index in [4.69, 9.17) is 18.9 Å². The molecule has 4 aliphatic heterocycles. The molecule has 3 saturated heterocycles. The van der Waals surface area contributed by atoms with Crippen LogP contribution in [0.25, 0.3) is 0 Å². The van der Waals surface area contributed by atoms with Crippen molar-refractivity contribution in [1.82, 2.24) is 14.7 Å². The summed E-state index contributed by atoms with van der Waals surface area (Å²) in [4.78, 5) is 104. The molecule has 2 aromatic rings. The number of aliphatic hydroxyl groups excluding tert-OH is 1. The average molecular weight is 826 g/mol. The number of carbonyl (C=O) groups is 6. The molecule has 0 bridgehead atoms. The van der Waals surface area contributed by atoms with Crippen LogP contribution >= 0.6 is 11.8 Å². The predicted octanol–water partition coefficient (Wildman–Crippen LogP) is 2.70. The Balaban J connectivity index is 1.28. The summed E-state index contributed by atoms with van der Waals surface area (Å²) < 4.78 is 21.8. The minimum atomic E-state index is -1.16. The first kappa shape index (κ1) is 41.5. The number of carbonyl (C=O) groups excluding carboxylic acids is 6. The van der Waals surface area contributed by atoms with Crippen LogP contribution in [0.1, 0.15) is 39.7 Å². The number of hydrogen-bond donors (Lipinski definition) is 1. The van der Waals surface area contributed by atoms with Gasteiger partial charge in [-0.25, -0.2) is 9.59 Å². The highest BCUT2D eigenvalue weighted by Gasteiger charge is 2.61. The van der Waals surface area contributed by atoms with E-state index in [1.807, 2.05) is 0 Å². The predicted molar refractivity (Wildman–Crippen MR) is 198 cm³/mol. The number of nitro benzene ring substituents is 2. The Hall–Kier alpha value is -6.09. The zero-order valence-electron chi connectivity index (χ0n) is 31.6. The Kier molecular flexibility index (Phi) is 12.0. The third kappa shape index (κ3) is 8.44. The van der Waals surface area contributed by atoms with Gasteiger partial charge in [-0.2, -0.15) is 0 Å². The highest BCUT2D eigenvalue weighted by molar-refractivity contribution is 8.03. The lowest BCUT2D eigenvalue weighted by Gasteiger charge is -2.46.